The van der Waals surface area contributed by atoms with Gasteiger partial charge in [-0.1, -0.05) is 41.9 Å². The highest BCUT2D eigenvalue weighted by molar-refractivity contribution is 9.11. The standard InChI is InChI=1S/C14H14BrNO2/c1-3-11(15)12(4-2)16-13(17)9-7-5-6-8-10(9)14(16)18/h5-8H,3-4H2,1-2H3/b12-11-. The number of rotatable bonds is 3. The molecular formula is C14H14BrNO2. The summed E-state index contributed by atoms with van der Waals surface area (Å²) in [4.78, 5) is 25.8. The van der Waals surface area contributed by atoms with E-state index in [1.807, 2.05) is 13.8 Å². The third-order valence-corrected chi connectivity index (χ3v) is 4.04. The Kier molecular flexibility index (Phi) is 3.66. The van der Waals surface area contributed by atoms with Gasteiger partial charge in [0.1, 0.15) is 0 Å². The van der Waals surface area contributed by atoms with Crippen LogP contribution in [-0.4, -0.2) is 16.7 Å². The van der Waals surface area contributed by atoms with Crippen LogP contribution in [0, 0.1) is 0 Å². The van der Waals surface area contributed by atoms with Crippen molar-refractivity contribution in [1.82, 2.24) is 4.90 Å². The van der Waals surface area contributed by atoms with E-state index < -0.39 is 0 Å². The summed E-state index contributed by atoms with van der Waals surface area (Å²) >= 11 is 3.45. The lowest BCUT2D eigenvalue weighted by Gasteiger charge is -2.18. The highest BCUT2D eigenvalue weighted by atomic mass is 79.9. The molecule has 0 fully saturated rings. The fourth-order valence-corrected chi connectivity index (χ4v) is 2.57. The van der Waals surface area contributed by atoms with Crippen LogP contribution in [0.25, 0.3) is 0 Å². The van der Waals surface area contributed by atoms with Crippen molar-refractivity contribution in [3.8, 4) is 0 Å². The topological polar surface area (TPSA) is 37.4 Å². The minimum absolute atomic E-state index is 0.224. The molecule has 0 spiro atoms. The van der Waals surface area contributed by atoms with E-state index in [0.717, 1.165) is 16.6 Å². The number of allylic oxidation sites excluding steroid dienone is 2. The van der Waals surface area contributed by atoms with Crippen LogP contribution in [0.3, 0.4) is 0 Å². The summed E-state index contributed by atoms with van der Waals surface area (Å²) < 4.78 is 0.902. The van der Waals surface area contributed by atoms with Gasteiger partial charge in [0, 0.05) is 10.2 Å². The molecule has 18 heavy (non-hydrogen) atoms. The molecule has 2 amide bonds. The van der Waals surface area contributed by atoms with Crippen LogP contribution in [-0.2, 0) is 0 Å². The molecule has 1 aromatic carbocycles. The summed E-state index contributed by atoms with van der Waals surface area (Å²) in [7, 11) is 0. The second-order valence-corrected chi connectivity index (χ2v) is 5.01. The molecule has 0 radical (unpaired) electrons. The number of hydrogen-bond donors (Lipinski definition) is 0. The number of carbonyl (C=O) groups excluding carboxylic acids is 2. The summed E-state index contributed by atoms with van der Waals surface area (Å²) in [6.07, 6.45) is 1.40. The molecule has 0 aliphatic carbocycles. The second-order valence-electron chi connectivity index (χ2n) is 4.05. The molecule has 2 rings (SSSR count). The number of nitrogens with zero attached hydrogens (tertiary/aromatic N) is 1. The SMILES string of the molecule is CC/C(Br)=C(\CC)N1C(=O)c2ccccc2C1=O. The maximum Gasteiger partial charge on any atom is 0.265 e. The van der Waals surface area contributed by atoms with Crippen molar-refractivity contribution in [2.24, 2.45) is 0 Å². The number of benzene rings is 1. The molecule has 4 heteroatoms. The van der Waals surface area contributed by atoms with Gasteiger partial charge in [-0.2, -0.15) is 0 Å². The Morgan fingerprint density at radius 1 is 1.06 bits per heavy atom. The Hall–Kier alpha value is -1.42. The Morgan fingerprint density at radius 3 is 1.94 bits per heavy atom. The maximum atomic E-state index is 12.3. The van der Waals surface area contributed by atoms with E-state index in [1.165, 1.54) is 4.90 Å². The van der Waals surface area contributed by atoms with E-state index in [0.29, 0.717) is 17.5 Å². The van der Waals surface area contributed by atoms with Gasteiger partial charge < -0.3 is 0 Å². The third-order valence-electron chi connectivity index (χ3n) is 3.02. The molecule has 0 unspecified atom stereocenters. The first kappa shape index (κ1) is 13.0. The van der Waals surface area contributed by atoms with E-state index in [1.54, 1.807) is 24.3 Å². The van der Waals surface area contributed by atoms with E-state index in [2.05, 4.69) is 15.9 Å². The predicted octanol–water partition coefficient (Wildman–Crippen LogP) is 3.71. The first-order valence-corrected chi connectivity index (χ1v) is 6.76. The van der Waals surface area contributed by atoms with Crippen molar-refractivity contribution < 1.29 is 9.59 Å². The number of halogens is 1. The minimum atomic E-state index is -0.224. The Labute approximate surface area is 115 Å². The third kappa shape index (κ3) is 1.90. The first-order valence-electron chi connectivity index (χ1n) is 5.97. The van der Waals surface area contributed by atoms with Gasteiger partial charge in [0.05, 0.1) is 11.1 Å². The van der Waals surface area contributed by atoms with E-state index in [9.17, 15) is 9.59 Å². The average Bonchev–Trinajstić information content (AvgIpc) is 2.65. The van der Waals surface area contributed by atoms with Crippen LogP contribution in [0.15, 0.2) is 34.4 Å². The number of fused-ring (bicyclic) bond motifs is 1. The van der Waals surface area contributed by atoms with E-state index in [-0.39, 0.29) is 11.8 Å². The van der Waals surface area contributed by atoms with Gasteiger partial charge in [-0.05, 0) is 25.0 Å². The van der Waals surface area contributed by atoms with Gasteiger partial charge >= 0.3 is 0 Å². The molecule has 0 aromatic heterocycles. The van der Waals surface area contributed by atoms with Gasteiger partial charge in [-0.3, -0.25) is 9.59 Å². The van der Waals surface area contributed by atoms with Crippen molar-refractivity contribution in [2.75, 3.05) is 0 Å². The molecule has 94 valence electrons. The molecule has 1 aromatic rings. The zero-order chi connectivity index (χ0) is 13.3. The zero-order valence-electron chi connectivity index (χ0n) is 10.4. The van der Waals surface area contributed by atoms with Crippen LogP contribution >= 0.6 is 15.9 Å². The van der Waals surface area contributed by atoms with Crippen molar-refractivity contribution in [1.29, 1.82) is 0 Å². The summed E-state index contributed by atoms with van der Waals surface area (Å²) in [5, 5.41) is 0. The Morgan fingerprint density at radius 2 is 1.56 bits per heavy atom. The first-order chi connectivity index (χ1) is 8.61. The van der Waals surface area contributed by atoms with E-state index >= 15 is 0 Å². The normalized spacial score (nSPS) is 15.8. The number of imide groups is 1. The molecule has 0 saturated carbocycles. The van der Waals surface area contributed by atoms with Crippen LogP contribution in [0.1, 0.15) is 47.4 Å². The smallest absolute Gasteiger partial charge is 0.265 e. The zero-order valence-corrected chi connectivity index (χ0v) is 12.0. The van der Waals surface area contributed by atoms with Crippen LogP contribution < -0.4 is 0 Å². The highest BCUT2D eigenvalue weighted by Gasteiger charge is 2.37. The lowest BCUT2D eigenvalue weighted by atomic mass is 10.1. The summed E-state index contributed by atoms with van der Waals surface area (Å²) in [5.41, 5.74) is 1.73. The summed E-state index contributed by atoms with van der Waals surface area (Å²) in [5.74, 6) is -0.448. The van der Waals surface area contributed by atoms with Gasteiger partial charge in [0.25, 0.3) is 11.8 Å². The molecular weight excluding hydrogens is 294 g/mol. The lowest BCUT2D eigenvalue weighted by molar-refractivity contribution is 0.0699. The fraction of sp³-hybridized carbons (Fsp3) is 0.286. The van der Waals surface area contributed by atoms with Crippen molar-refractivity contribution >= 4 is 27.7 Å². The second kappa shape index (κ2) is 5.06. The average molecular weight is 308 g/mol. The van der Waals surface area contributed by atoms with Gasteiger partial charge in [-0.25, -0.2) is 4.90 Å². The van der Waals surface area contributed by atoms with E-state index in [4.69, 9.17) is 0 Å². The number of carbonyl (C=O) groups is 2. The lowest BCUT2D eigenvalue weighted by Crippen LogP contribution is -2.29. The van der Waals surface area contributed by atoms with Crippen molar-refractivity contribution in [3.63, 3.8) is 0 Å². The van der Waals surface area contributed by atoms with Crippen LogP contribution in [0.2, 0.25) is 0 Å². The molecule has 1 aliphatic rings. The summed E-state index contributed by atoms with van der Waals surface area (Å²) in [6, 6.07) is 6.95. The molecule has 3 nitrogen and oxygen atoms in total. The van der Waals surface area contributed by atoms with Gasteiger partial charge in [0.15, 0.2) is 0 Å². The summed E-state index contributed by atoms with van der Waals surface area (Å²) in [6.45, 7) is 3.92. The molecule has 0 saturated heterocycles. The monoisotopic (exact) mass is 307 g/mol. The molecule has 1 heterocycles. The minimum Gasteiger partial charge on any atom is -0.268 e. The molecule has 0 bridgehead atoms. The van der Waals surface area contributed by atoms with Crippen molar-refractivity contribution in [3.05, 3.63) is 45.6 Å². The molecule has 1 aliphatic heterocycles. The van der Waals surface area contributed by atoms with Crippen LogP contribution in [0.4, 0.5) is 0 Å². The van der Waals surface area contributed by atoms with Gasteiger partial charge in [0.2, 0.25) is 0 Å². The van der Waals surface area contributed by atoms with Gasteiger partial charge in [-0.15, -0.1) is 0 Å². The Bertz CT molecular complexity index is 513. The fourth-order valence-electron chi connectivity index (χ4n) is 2.11. The largest absolute Gasteiger partial charge is 0.268 e. The van der Waals surface area contributed by atoms with Crippen molar-refractivity contribution in [2.45, 2.75) is 26.7 Å². The Balaban J connectivity index is 2.52. The predicted molar refractivity (Wildman–Crippen MR) is 73.5 cm³/mol. The number of amides is 2. The molecule has 0 atom stereocenters. The highest BCUT2D eigenvalue weighted by Crippen LogP contribution is 2.31. The maximum absolute atomic E-state index is 12.3. The molecule has 0 N–H and O–H groups in total. The number of hydrogen-bond acceptors (Lipinski definition) is 2. The van der Waals surface area contributed by atoms with Crippen LogP contribution in [0.5, 0.6) is 0 Å². The quantitative estimate of drug-likeness (QED) is 0.798.